The Hall–Kier alpha value is -4.14. The molecule has 0 unspecified atom stereocenters. The average molecular weight is 388 g/mol. The molecule has 0 fully saturated rings. The first-order chi connectivity index (χ1) is 14.1. The second kappa shape index (κ2) is 7.85. The lowest BCUT2D eigenvalue weighted by atomic mass is 10.2. The van der Waals surface area contributed by atoms with Crippen LogP contribution in [0.2, 0.25) is 0 Å². The summed E-state index contributed by atoms with van der Waals surface area (Å²) in [4.78, 5) is 32.7. The second-order valence-electron chi connectivity index (χ2n) is 6.29. The Morgan fingerprint density at radius 2 is 1.97 bits per heavy atom. The van der Waals surface area contributed by atoms with Crippen molar-refractivity contribution in [3.05, 3.63) is 76.8 Å². The number of anilines is 1. The van der Waals surface area contributed by atoms with Crippen molar-refractivity contribution in [1.29, 1.82) is 0 Å². The molecular formula is C20H16N6O3. The van der Waals surface area contributed by atoms with Crippen LogP contribution < -0.4 is 10.9 Å². The van der Waals surface area contributed by atoms with Crippen LogP contribution in [0.4, 0.5) is 5.69 Å². The smallest absolute Gasteiger partial charge is 0.278 e. The Labute approximate surface area is 165 Å². The van der Waals surface area contributed by atoms with Crippen LogP contribution in [0, 0.1) is 6.92 Å². The average Bonchev–Trinajstić information content (AvgIpc) is 3.22. The monoisotopic (exact) mass is 388 g/mol. The van der Waals surface area contributed by atoms with Gasteiger partial charge in [-0.2, -0.15) is 10.1 Å². The van der Waals surface area contributed by atoms with Gasteiger partial charge in [0.25, 0.3) is 11.4 Å². The van der Waals surface area contributed by atoms with Gasteiger partial charge in [0.05, 0.1) is 0 Å². The number of benzene rings is 1. The Morgan fingerprint density at radius 1 is 1.14 bits per heavy atom. The van der Waals surface area contributed by atoms with Gasteiger partial charge >= 0.3 is 0 Å². The number of hydrogen-bond acceptors (Lipinski definition) is 7. The SMILES string of the molecule is Cc1ccc(NC(=O)Cn2nc(-c3nc(-c4cccnc4)no3)ccc2=O)cc1. The minimum Gasteiger partial charge on any atom is -0.332 e. The minimum absolute atomic E-state index is 0.136. The molecule has 9 nitrogen and oxygen atoms in total. The lowest BCUT2D eigenvalue weighted by Gasteiger charge is -2.07. The third-order valence-electron chi connectivity index (χ3n) is 4.06. The molecule has 3 heterocycles. The minimum atomic E-state index is -0.417. The van der Waals surface area contributed by atoms with Crippen LogP contribution in [-0.2, 0) is 11.3 Å². The standard InChI is InChI=1S/C20H16N6O3/c1-13-4-6-15(7-5-13)22-17(27)12-26-18(28)9-8-16(24-26)20-23-19(25-29-20)14-3-2-10-21-11-14/h2-11H,12H2,1H3,(H,22,27). The molecule has 1 aromatic carbocycles. The number of amides is 1. The van der Waals surface area contributed by atoms with Crippen molar-refractivity contribution in [1.82, 2.24) is 24.9 Å². The van der Waals surface area contributed by atoms with Crippen molar-refractivity contribution in [2.75, 3.05) is 5.32 Å². The second-order valence-corrected chi connectivity index (χ2v) is 6.29. The number of nitrogens with zero attached hydrogens (tertiary/aromatic N) is 5. The molecule has 29 heavy (non-hydrogen) atoms. The van der Waals surface area contributed by atoms with E-state index in [1.165, 1.54) is 12.1 Å². The van der Waals surface area contributed by atoms with Crippen molar-refractivity contribution < 1.29 is 9.32 Å². The van der Waals surface area contributed by atoms with E-state index in [-0.39, 0.29) is 24.0 Å². The van der Waals surface area contributed by atoms with E-state index >= 15 is 0 Å². The molecular weight excluding hydrogens is 372 g/mol. The Kier molecular flexibility index (Phi) is 4.93. The molecule has 0 spiro atoms. The molecule has 0 saturated heterocycles. The summed E-state index contributed by atoms with van der Waals surface area (Å²) >= 11 is 0. The quantitative estimate of drug-likeness (QED) is 0.558. The molecule has 0 saturated carbocycles. The first kappa shape index (κ1) is 18.2. The third kappa shape index (κ3) is 4.24. The van der Waals surface area contributed by atoms with Crippen LogP contribution in [0.3, 0.4) is 0 Å². The number of nitrogens with one attached hydrogen (secondary N) is 1. The van der Waals surface area contributed by atoms with E-state index in [4.69, 9.17) is 4.52 Å². The number of rotatable bonds is 5. The van der Waals surface area contributed by atoms with E-state index in [2.05, 4.69) is 25.5 Å². The van der Waals surface area contributed by atoms with Gasteiger partial charge in [-0.3, -0.25) is 14.6 Å². The van der Waals surface area contributed by atoms with E-state index in [0.717, 1.165) is 10.2 Å². The van der Waals surface area contributed by atoms with Crippen LogP contribution >= 0.6 is 0 Å². The van der Waals surface area contributed by atoms with Gasteiger partial charge in [0.2, 0.25) is 11.7 Å². The van der Waals surface area contributed by atoms with Crippen LogP contribution in [-0.4, -0.2) is 30.8 Å². The van der Waals surface area contributed by atoms with Gasteiger partial charge in [0.15, 0.2) is 0 Å². The maximum absolute atomic E-state index is 12.3. The van der Waals surface area contributed by atoms with Gasteiger partial charge in [0.1, 0.15) is 12.2 Å². The molecule has 0 atom stereocenters. The van der Waals surface area contributed by atoms with E-state index in [1.54, 1.807) is 36.7 Å². The number of aromatic nitrogens is 5. The Morgan fingerprint density at radius 3 is 2.72 bits per heavy atom. The third-order valence-corrected chi connectivity index (χ3v) is 4.06. The predicted octanol–water partition coefficient (Wildman–Crippen LogP) is 2.30. The van der Waals surface area contributed by atoms with Crippen molar-refractivity contribution in [3.63, 3.8) is 0 Å². The maximum atomic E-state index is 12.3. The van der Waals surface area contributed by atoms with Gasteiger partial charge in [-0.15, -0.1) is 0 Å². The molecule has 4 aromatic rings. The molecule has 1 N–H and O–H groups in total. The van der Waals surface area contributed by atoms with Crippen molar-refractivity contribution in [2.24, 2.45) is 0 Å². The summed E-state index contributed by atoms with van der Waals surface area (Å²) in [7, 11) is 0. The van der Waals surface area contributed by atoms with Crippen LogP contribution in [0.25, 0.3) is 23.0 Å². The molecule has 4 rings (SSSR count). The number of carbonyl (C=O) groups is 1. The van der Waals surface area contributed by atoms with E-state index < -0.39 is 5.56 Å². The molecule has 9 heteroatoms. The van der Waals surface area contributed by atoms with Crippen LogP contribution in [0.5, 0.6) is 0 Å². The zero-order valence-electron chi connectivity index (χ0n) is 15.4. The van der Waals surface area contributed by atoms with Crippen molar-refractivity contribution >= 4 is 11.6 Å². The highest BCUT2D eigenvalue weighted by atomic mass is 16.5. The number of aryl methyl sites for hydroxylation is 1. The molecule has 144 valence electrons. The summed E-state index contributed by atoms with van der Waals surface area (Å²) in [6, 6.07) is 13.7. The normalized spacial score (nSPS) is 10.7. The number of pyridine rings is 1. The molecule has 1 amide bonds. The van der Waals surface area contributed by atoms with Crippen molar-refractivity contribution in [2.45, 2.75) is 13.5 Å². The topological polar surface area (TPSA) is 116 Å². The predicted molar refractivity (Wildman–Crippen MR) is 105 cm³/mol. The Bertz CT molecular complexity index is 1200. The number of carbonyl (C=O) groups excluding carboxylic acids is 1. The largest absolute Gasteiger partial charge is 0.332 e. The first-order valence-electron chi connectivity index (χ1n) is 8.78. The summed E-state index contributed by atoms with van der Waals surface area (Å²) in [5, 5.41) is 10.8. The summed E-state index contributed by atoms with van der Waals surface area (Å²) in [6.45, 7) is 1.71. The van der Waals surface area contributed by atoms with Crippen molar-refractivity contribution in [3.8, 4) is 23.0 Å². The fourth-order valence-electron chi connectivity index (χ4n) is 2.59. The van der Waals surface area contributed by atoms with E-state index in [1.807, 2.05) is 19.1 Å². The highest BCUT2D eigenvalue weighted by molar-refractivity contribution is 5.90. The summed E-state index contributed by atoms with van der Waals surface area (Å²) in [5.74, 6) is 0.114. The van der Waals surface area contributed by atoms with Gasteiger partial charge in [-0.1, -0.05) is 22.9 Å². The van der Waals surface area contributed by atoms with Gasteiger partial charge in [-0.05, 0) is 37.3 Å². The van der Waals surface area contributed by atoms with Crippen LogP contribution in [0.15, 0.2) is 70.2 Å². The summed E-state index contributed by atoms with van der Waals surface area (Å²) < 4.78 is 6.29. The van der Waals surface area contributed by atoms with Gasteiger partial charge < -0.3 is 9.84 Å². The van der Waals surface area contributed by atoms with E-state index in [9.17, 15) is 9.59 Å². The number of hydrogen-bond donors (Lipinski definition) is 1. The summed E-state index contributed by atoms with van der Waals surface area (Å²) in [5.41, 5.74) is 2.28. The molecule has 0 aliphatic carbocycles. The van der Waals surface area contributed by atoms with Gasteiger partial charge in [0, 0.05) is 29.7 Å². The highest BCUT2D eigenvalue weighted by Crippen LogP contribution is 2.19. The molecule has 3 aromatic heterocycles. The lowest BCUT2D eigenvalue weighted by Crippen LogP contribution is -2.29. The fraction of sp³-hybridized carbons (Fsp3) is 0.100. The van der Waals surface area contributed by atoms with Crippen LogP contribution in [0.1, 0.15) is 5.56 Å². The zero-order valence-corrected chi connectivity index (χ0v) is 15.4. The fourth-order valence-corrected chi connectivity index (χ4v) is 2.59. The summed E-state index contributed by atoms with van der Waals surface area (Å²) in [6.07, 6.45) is 3.25. The maximum Gasteiger partial charge on any atom is 0.278 e. The lowest BCUT2D eigenvalue weighted by molar-refractivity contribution is -0.117. The highest BCUT2D eigenvalue weighted by Gasteiger charge is 2.14. The molecule has 0 aliphatic heterocycles. The van der Waals surface area contributed by atoms with Gasteiger partial charge in [-0.25, -0.2) is 4.68 Å². The zero-order chi connectivity index (χ0) is 20.2. The molecule has 0 radical (unpaired) electrons. The molecule has 0 aliphatic rings. The molecule has 0 bridgehead atoms. The first-order valence-corrected chi connectivity index (χ1v) is 8.78. The Balaban J connectivity index is 1.53. The van der Waals surface area contributed by atoms with E-state index in [0.29, 0.717) is 17.1 Å².